The van der Waals surface area contributed by atoms with Crippen LogP contribution in [0.4, 0.5) is 0 Å². The van der Waals surface area contributed by atoms with E-state index < -0.39 is 5.97 Å². The van der Waals surface area contributed by atoms with Gasteiger partial charge in [-0.1, -0.05) is 6.07 Å². The number of hydrogen-bond donors (Lipinski definition) is 2. The average molecular weight is 306 g/mol. The number of carboxylic acid groups (broad SMARTS) is 1. The summed E-state index contributed by atoms with van der Waals surface area (Å²) in [6.45, 7) is 3.93. The average Bonchev–Trinajstić information content (AvgIpc) is 2.46. The van der Waals surface area contributed by atoms with Gasteiger partial charge in [-0.25, -0.2) is 4.79 Å². The molecule has 6 heteroatoms. The van der Waals surface area contributed by atoms with E-state index in [0.717, 1.165) is 31.5 Å². The van der Waals surface area contributed by atoms with Crippen molar-refractivity contribution in [1.82, 2.24) is 10.2 Å². The Balaban J connectivity index is 2.05. The SMILES string of the molecule is COc1ccc(CN2CCCC(NC(C)=O)C2)cc1C(=O)O. The molecule has 1 atom stereocenters. The van der Waals surface area contributed by atoms with E-state index in [1.165, 1.54) is 14.0 Å². The molecule has 0 spiro atoms. The number of benzene rings is 1. The molecule has 22 heavy (non-hydrogen) atoms. The predicted octanol–water partition coefficient (Wildman–Crippen LogP) is 1.49. The highest BCUT2D eigenvalue weighted by molar-refractivity contribution is 5.91. The molecule has 6 nitrogen and oxygen atoms in total. The Morgan fingerprint density at radius 1 is 1.45 bits per heavy atom. The Hall–Kier alpha value is -2.08. The van der Waals surface area contributed by atoms with Crippen LogP contribution in [0.5, 0.6) is 5.75 Å². The van der Waals surface area contributed by atoms with E-state index in [2.05, 4.69) is 10.2 Å². The number of nitrogens with one attached hydrogen (secondary N) is 1. The lowest BCUT2D eigenvalue weighted by Crippen LogP contribution is -2.46. The first-order valence-electron chi connectivity index (χ1n) is 7.39. The number of likely N-dealkylation sites (tertiary alicyclic amines) is 1. The van der Waals surface area contributed by atoms with Crippen LogP contribution in [0, 0.1) is 0 Å². The number of carbonyl (C=O) groups is 2. The maximum absolute atomic E-state index is 11.3. The molecule has 1 heterocycles. The number of rotatable bonds is 5. The third-order valence-electron chi connectivity index (χ3n) is 3.81. The summed E-state index contributed by atoms with van der Waals surface area (Å²) in [5.74, 6) is -0.635. The zero-order valence-electron chi connectivity index (χ0n) is 13.0. The van der Waals surface area contributed by atoms with Crippen LogP contribution in [0.15, 0.2) is 18.2 Å². The van der Waals surface area contributed by atoms with E-state index in [0.29, 0.717) is 12.3 Å². The Labute approximate surface area is 130 Å². The number of methoxy groups -OCH3 is 1. The minimum absolute atomic E-state index is 0.00976. The lowest BCUT2D eigenvalue weighted by Gasteiger charge is -2.33. The summed E-state index contributed by atoms with van der Waals surface area (Å²) >= 11 is 0. The van der Waals surface area contributed by atoms with Crippen molar-refractivity contribution in [3.8, 4) is 5.75 Å². The number of aromatic carboxylic acids is 1. The van der Waals surface area contributed by atoms with Gasteiger partial charge in [0.15, 0.2) is 0 Å². The van der Waals surface area contributed by atoms with Crippen molar-refractivity contribution in [3.05, 3.63) is 29.3 Å². The number of hydrogen-bond acceptors (Lipinski definition) is 4. The molecule has 1 aliphatic heterocycles. The number of piperidine rings is 1. The van der Waals surface area contributed by atoms with E-state index in [-0.39, 0.29) is 17.5 Å². The fourth-order valence-corrected chi connectivity index (χ4v) is 2.88. The molecular formula is C16H22N2O4. The molecule has 0 radical (unpaired) electrons. The number of amides is 1. The molecule has 0 bridgehead atoms. The van der Waals surface area contributed by atoms with Crippen LogP contribution in [0.3, 0.4) is 0 Å². The molecule has 1 aromatic rings. The van der Waals surface area contributed by atoms with Crippen LogP contribution in [-0.2, 0) is 11.3 Å². The standard InChI is InChI=1S/C16H22N2O4/c1-11(19)17-13-4-3-7-18(10-13)9-12-5-6-15(22-2)14(8-12)16(20)21/h5-6,8,13H,3-4,7,9-10H2,1-2H3,(H,17,19)(H,20,21). The van der Waals surface area contributed by atoms with E-state index >= 15 is 0 Å². The molecule has 1 fully saturated rings. The first-order valence-corrected chi connectivity index (χ1v) is 7.39. The largest absolute Gasteiger partial charge is 0.496 e. The highest BCUT2D eigenvalue weighted by Crippen LogP contribution is 2.22. The van der Waals surface area contributed by atoms with Gasteiger partial charge in [0.1, 0.15) is 11.3 Å². The second-order valence-electron chi connectivity index (χ2n) is 5.61. The molecule has 1 saturated heterocycles. The minimum atomic E-state index is -0.992. The highest BCUT2D eigenvalue weighted by Gasteiger charge is 2.21. The Kier molecular flexibility index (Phi) is 5.38. The number of ether oxygens (including phenoxy) is 1. The van der Waals surface area contributed by atoms with Crippen molar-refractivity contribution < 1.29 is 19.4 Å². The molecule has 1 unspecified atom stereocenters. The maximum Gasteiger partial charge on any atom is 0.339 e. The summed E-state index contributed by atoms with van der Waals surface area (Å²) in [7, 11) is 1.46. The van der Waals surface area contributed by atoms with Gasteiger partial charge in [-0.15, -0.1) is 0 Å². The van der Waals surface area contributed by atoms with Crippen LogP contribution in [0.25, 0.3) is 0 Å². The maximum atomic E-state index is 11.3. The smallest absolute Gasteiger partial charge is 0.339 e. The summed E-state index contributed by atoms with van der Waals surface area (Å²) in [6.07, 6.45) is 2.01. The van der Waals surface area contributed by atoms with Gasteiger partial charge < -0.3 is 15.2 Å². The molecule has 0 aliphatic carbocycles. The van der Waals surface area contributed by atoms with Crippen LogP contribution >= 0.6 is 0 Å². The molecule has 0 aromatic heterocycles. The van der Waals surface area contributed by atoms with E-state index in [1.54, 1.807) is 12.1 Å². The summed E-state index contributed by atoms with van der Waals surface area (Å²) in [5.41, 5.74) is 1.11. The van der Waals surface area contributed by atoms with E-state index in [1.807, 2.05) is 6.07 Å². The molecule has 2 N–H and O–H groups in total. The molecule has 1 aromatic carbocycles. The molecule has 2 rings (SSSR count). The molecule has 1 aliphatic rings. The van der Waals surface area contributed by atoms with Crippen LogP contribution < -0.4 is 10.1 Å². The van der Waals surface area contributed by atoms with Crippen LogP contribution in [0.1, 0.15) is 35.7 Å². The monoisotopic (exact) mass is 306 g/mol. The van der Waals surface area contributed by atoms with Crippen molar-refractivity contribution in [2.75, 3.05) is 20.2 Å². The normalized spacial score (nSPS) is 18.7. The van der Waals surface area contributed by atoms with Gasteiger partial charge in [0.2, 0.25) is 5.91 Å². The van der Waals surface area contributed by atoms with Gasteiger partial charge in [0, 0.05) is 26.1 Å². The molecule has 0 saturated carbocycles. The summed E-state index contributed by atoms with van der Waals surface area (Å²) < 4.78 is 5.07. The second-order valence-corrected chi connectivity index (χ2v) is 5.61. The van der Waals surface area contributed by atoms with Crippen molar-refractivity contribution in [3.63, 3.8) is 0 Å². The van der Waals surface area contributed by atoms with Crippen LogP contribution in [-0.4, -0.2) is 48.1 Å². The number of carbonyl (C=O) groups excluding carboxylic acids is 1. The fourth-order valence-electron chi connectivity index (χ4n) is 2.88. The van der Waals surface area contributed by atoms with Crippen molar-refractivity contribution >= 4 is 11.9 Å². The lowest BCUT2D eigenvalue weighted by molar-refractivity contribution is -0.120. The van der Waals surface area contributed by atoms with E-state index in [9.17, 15) is 14.7 Å². The van der Waals surface area contributed by atoms with Gasteiger partial charge >= 0.3 is 5.97 Å². The Bertz CT molecular complexity index is 559. The zero-order chi connectivity index (χ0) is 16.1. The lowest BCUT2D eigenvalue weighted by atomic mass is 10.0. The highest BCUT2D eigenvalue weighted by atomic mass is 16.5. The van der Waals surface area contributed by atoms with Gasteiger partial charge in [-0.3, -0.25) is 9.69 Å². The van der Waals surface area contributed by atoms with Gasteiger partial charge in [0.25, 0.3) is 0 Å². The topological polar surface area (TPSA) is 78.9 Å². The fraction of sp³-hybridized carbons (Fsp3) is 0.500. The first kappa shape index (κ1) is 16.3. The quantitative estimate of drug-likeness (QED) is 0.862. The zero-order valence-corrected chi connectivity index (χ0v) is 13.0. The summed E-state index contributed by atoms with van der Waals surface area (Å²) in [5, 5.41) is 12.2. The van der Waals surface area contributed by atoms with Crippen molar-refractivity contribution in [2.45, 2.75) is 32.4 Å². The van der Waals surface area contributed by atoms with Gasteiger partial charge in [-0.05, 0) is 37.1 Å². The minimum Gasteiger partial charge on any atom is -0.496 e. The second kappa shape index (κ2) is 7.26. The third-order valence-corrected chi connectivity index (χ3v) is 3.81. The Morgan fingerprint density at radius 2 is 2.23 bits per heavy atom. The summed E-state index contributed by atoms with van der Waals surface area (Å²) in [6, 6.07) is 5.40. The third kappa shape index (κ3) is 4.21. The van der Waals surface area contributed by atoms with Crippen molar-refractivity contribution in [2.24, 2.45) is 0 Å². The van der Waals surface area contributed by atoms with Gasteiger partial charge in [-0.2, -0.15) is 0 Å². The van der Waals surface area contributed by atoms with Crippen molar-refractivity contribution in [1.29, 1.82) is 0 Å². The van der Waals surface area contributed by atoms with Crippen LogP contribution in [0.2, 0.25) is 0 Å². The summed E-state index contributed by atoms with van der Waals surface area (Å²) in [4.78, 5) is 24.6. The molecule has 1 amide bonds. The molecule has 120 valence electrons. The number of carboxylic acids is 1. The molecular weight excluding hydrogens is 284 g/mol. The van der Waals surface area contributed by atoms with E-state index in [4.69, 9.17) is 4.74 Å². The number of nitrogens with zero attached hydrogens (tertiary/aromatic N) is 1. The predicted molar refractivity (Wildman–Crippen MR) is 82.1 cm³/mol. The Morgan fingerprint density at radius 3 is 2.86 bits per heavy atom. The first-order chi connectivity index (χ1) is 10.5. The van der Waals surface area contributed by atoms with Gasteiger partial charge in [0.05, 0.1) is 7.11 Å².